The molecule has 1 aromatic rings. The van der Waals surface area contributed by atoms with Crippen LogP contribution in [0.15, 0.2) is 12.5 Å². The van der Waals surface area contributed by atoms with E-state index in [0.29, 0.717) is 0 Å². The van der Waals surface area contributed by atoms with Gasteiger partial charge in [0, 0.05) is 0 Å². The maximum atomic E-state index is 10.4. The monoisotopic (exact) mass is 170 g/mol. The van der Waals surface area contributed by atoms with E-state index in [0.717, 1.165) is 10.8 Å². The van der Waals surface area contributed by atoms with Crippen LogP contribution in [-0.4, -0.2) is 20.4 Å². The zero-order chi connectivity index (χ0) is 9.14. The third-order valence-corrected chi connectivity index (χ3v) is 1.20. The van der Waals surface area contributed by atoms with Crippen LogP contribution in [-0.2, 0) is 11.3 Å². The number of nitrogens with two attached hydrogens (primary N) is 1. The summed E-state index contributed by atoms with van der Waals surface area (Å²) in [5.74, 6) is -0.884. The Labute approximate surface area is 67.0 Å². The van der Waals surface area contributed by atoms with Crippen LogP contribution >= 0.6 is 0 Å². The van der Waals surface area contributed by atoms with E-state index in [1.807, 2.05) is 0 Å². The van der Waals surface area contributed by atoms with E-state index in [1.165, 1.54) is 6.33 Å². The van der Waals surface area contributed by atoms with Gasteiger partial charge in [-0.3, -0.25) is 4.79 Å². The highest BCUT2D eigenvalue weighted by atomic mass is 16.6. The molecule has 7 heteroatoms. The first-order chi connectivity index (χ1) is 5.61. The third-order valence-electron chi connectivity index (χ3n) is 1.20. The van der Waals surface area contributed by atoms with E-state index < -0.39 is 10.8 Å². The molecule has 1 amide bonds. The lowest BCUT2D eigenvalue weighted by molar-refractivity contribution is -0.392. The number of aromatic nitrogens is 2. The Bertz CT molecular complexity index is 318. The van der Waals surface area contributed by atoms with Crippen molar-refractivity contribution in [2.24, 2.45) is 5.73 Å². The van der Waals surface area contributed by atoms with Crippen molar-refractivity contribution in [2.75, 3.05) is 0 Å². The molecular weight excluding hydrogens is 164 g/mol. The number of rotatable bonds is 3. The highest BCUT2D eigenvalue weighted by Gasteiger charge is 2.13. The molecule has 0 atom stereocenters. The molecular formula is C5H6N4O3. The molecule has 0 spiro atoms. The molecule has 0 bridgehead atoms. The van der Waals surface area contributed by atoms with Gasteiger partial charge in [0.15, 0.2) is 12.9 Å². The van der Waals surface area contributed by atoms with Crippen LogP contribution in [0.4, 0.5) is 5.82 Å². The van der Waals surface area contributed by atoms with Gasteiger partial charge in [-0.05, 0) is 4.92 Å². The van der Waals surface area contributed by atoms with E-state index >= 15 is 0 Å². The van der Waals surface area contributed by atoms with Crippen molar-refractivity contribution >= 4 is 11.7 Å². The molecule has 1 rings (SSSR count). The maximum Gasteiger partial charge on any atom is 0.343 e. The van der Waals surface area contributed by atoms with E-state index in [2.05, 4.69) is 4.98 Å². The summed E-state index contributed by atoms with van der Waals surface area (Å²) in [7, 11) is 0. The minimum atomic E-state index is -0.642. The number of amides is 1. The quantitative estimate of drug-likeness (QED) is 0.477. The third kappa shape index (κ3) is 1.57. The Morgan fingerprint density at radius 2 is 2.50 bits per heavy atom. The van der Waals surface area contributed by atoms with Crippen LogP contribution in [0, 0.1) is 10.1 Å². The molecule has 0 aliphatic carbocycles. The summed E-state index contributed by atoms with van der Waals surface area (Å²) in [4.78, 5) is 23.5. The Kier molecular flexibility index (Phi) is 2.04. The molecule has 2 N–H and O–H groups in total. The number of imidazole rings is 1. The minimum absolute atomic E-state index is 0.226. The first-order valence-electron chi connectivity index (χ1n) is 3.04. The lowest BCUT2D eigenvalue weighted by atomic mass is 10.6. The van der Waals surface area contributed by atoms with E-state index in [9.17, 15) is 14.9 Å². The predicted octanol–water partition coefficient (Wildman–Crippen LogP) is -0.723. The Morgan fingerprint density at radius 3 is 3.00 bits per heavy atom. The Morgan fingerprint density at radius 1 is 1.83 bits per heavy atom. The van der Waals surface area contributed by atoms with Crippen LogP contribution in [0.1, 0.15) is 0 Å². The van der Waals surface area contributed by atoms with Crippen molar-refractivity contribution in [3.63, 3.8) is 0 Å². The summed E-state index contributed by atoms with van der Waals surface area (Å²) in [5, 5.41) is 10.3. The predicted molar refractivity (Wildman–Crippen MR) is 38.1 cm³/mol. The fourth-order valence-corrected chi connectivity index (χ4v) is 0.756. The van der Waals surface area contributed by atoms with Crippen molar-refractivity contribution < 1.29 is 9.72 Å². The fourth-order valence-electron chi connectivity index (χ4n) is 0.756. The average molecular weight is 170 g/mol. The second-order valence-corrected chi connectivity index (χ2v) is 2.10. The first kappa shape index (κ1) is 8.18. The van der Waals surface area contributed by atoms with Gasteiger partial charge in [0.2, 0.25) is 0 Å². The second kappa shape index (κ2) is 2.99. The highest BCUT2D eigenvalue weighted by molar-refractivity contribution is 5.73. The summed E-state index contributed by atoms with van der Waals surface area (Å²) < 4.78 is 1.07. The number of nitrogens with zero attached hydrogens (tertiary/aromatic N) is 3. The lowest BCUT2D eigenvalue weighted by Crippen LogP contribution is -2.18. The molecule has 0 fully saturated rings. The Hall–Kier alpha value is -1.92. The largest absolute Gasteiger partial charge is 0.366 e. The molecule has 1 aromatic heterocycles. The van der Waals surface area contributed by atoms with Crippen LogP contribution in [0.5, 0.6) is 0 Å². The molecule has 0 radical (unpaired) electrons. The van der Waals surface area contributed by atoms with Gasteiger partial charge in [0.1, 0.15) is 6.20 Å². The topological polar surface area (TPSA) is 104 Å². The smallest absolute Gasteiger partial charge is 0.343 e. The summed E-state index contributed by atoms with van der Waals surface area (Å²) in [6.45, 7) is -0.226. The van der Waals surface area contributed by atoms with Crippen molar-refractivity contribution in [1.82, 2.24) is 9.55 Å². The number of hydrogen-bond donors (Lipinski definition) is 1. The standard InChI is InChI=1S/C5H6N4O3/c6-4(10)2-8-3-7-1-5(8)9(11)12/h1,3H,2H2,(H2,6,10). The van der Waals surface area contributed by atoms with Crippen molar-refractivity contribution in [2.45, 2.75) is 6.54 Å². The molecule has 64 valence electrons. The SMILES string of the molecule is NC(=O)Cn1cncc1[N+](=O)[O-]. The van der Waals surface area contributed by atoms with Crippen molar-refractivity contribution in [3.8, 4) is 0 Å². The molecule has 0 aliphatic heterocycles. The van der Waals surface area contributed by atoms with E-state index in [4.69, 9.17) is 5.73 Å². The summed E-state index contributed by atoms with van der Waals surface area (Å²) in [6.07, 6.45) is 2.24. The van der Waals surface area contributed by atoms with Gasteiger partial charge < -0.3 is 15.8 Å². The molecule has 12 heavy (non-hydrogen) atoms. The first-order valence-corrected chi connectivity index (χ1v) is 3.04. The molecule has 0 aromatic carbocycles. The van der Waals surface area contributed by atoms with Gasteiger partial charge >= 0.3 is 5.82 Å². The van der Waals surface area contributed by atoms with Crippen LogP contribution < -0.4 is 5.73 Å². The molecule has 0 saturated heterocycles. The van der Waals surface area contributed by atoms with Crippen molar-refractivity contribution in [1.29, 1.82) is 0 Å². The Balaban J connectivity index is 2.91. The number of primary amides is 1. The number of nitro groups is 1. The summed E-state index contributed by atoms with van der Waals surface area (Å²) in [5.41, 5.74) is 4.84. The molecule has 7 nitrogen and oxygen atoms in total. The van der Waals surface area contributed by atoms with E-state index in [1.54, 1.807) is 0 Å². The fraction of sp³-hybridized carbons (Fsp3) is 0.200. The molecule has 0 aliphatic rings. The van der Waals surface area contributed by atoms with Gasteiger partial charge in [-0.25, -0.2) is 9.55 Å². The maximum absolute atomic E-state index is 10.4. The van der Waals surface area contributed by atoms with Crippen LogP contribution in [0.2, 0.25) is 0 Å². The second-order valence-electron chi connectivity index (χ2n) is 2.10. The molecule has 0 unspecified atom stereocenters. The zero-order valence-corrected chi connectivity index (χ0v) is 6.01. The van der Waals surface area contributed by atoms with Gasteiger partial charge in [-0.2, -0.15) is 0 Å². The molecule has 0 saturated carbocycles. The number of hydrogen-bond acceptors (Lipinski definition) is 4. The van der Waals surface area contributed by atoms with Crippen molar-refractivity contribution in [3.05, 3.63) is 22.6 Å². The average Bonchev–Trinajstić information content (AvgIpc) is 2.33. The van der Waals surface area contributed by atoms with Gasteiger partial charge in [-0.15, -0.1) is 0 Å². The molecule has 1 heterocycles. The van der Waals surface area contributed by atoms with Gasteiger partial charge in [0.25, 0.3) is 5.91 Å². The van der Waals surface area contributed by atoms with Crippen LogP contribution in [0.25, 0.3) is 0 Å². The highest BCUT2D eigenvalue weighted by Crippen LogP contribution is 2.08. The number of carbonyl (C=O) groups excluding carboxylic acids is 1. The van der Waals surface area contributed by atoms with Gasteiger partial charge in [-0.1, -0.05) is 0 Å². The van der Waals surface area contributed by atoms with Gasteiger partial charge in [0.05, 0.1) is 0 Å². The normalized spacial score (nSPS) is 9.67. The minimum Gasteiger partial charge on any atom is -0.366 e. The van der Waals surface area contributed by atoms with Crippen LogP contribution in [0.3, 0.4) is 0 Å². The zero-order valence-electron chi connectivity index (χ0n) is 6.01. The number of carbonyl (C=O) groups is 1. The lowest BCUT2D eigenvalue weighted by Gasteiger charge is -1.95. The van der Waals surface area contributed by atoms with E-state index in [-0.39, 0.29) is 12.4 Å². The summed E-state index contributed by atoms with van der Waals surface area (Å²) in [6, 6.07) is 0. The summed E-state index contributed by atoms with van der Waals surface area (Å²) >= 11 is 0.